The quantitative estimate of drug-likeness (QED) is 0.623. The molecule has 2 rings (SSSR count). The number of carbonyl (C=O) groups is 1. The van der Waals surface area contributed by atoms with Gasteiger partial charge in [-0.2, -0.15) is 0 Å². The molecule has 0 fully saturated rings. The van der Waals surface area contributed by atoms with Crippen LogP contribution >= 0.6 is 0 Å². The Morgan fingerprint density at radius 2 is 2.18 bits per heavy atom. The number of hydrogen-bond donors (Lipinski definition) is 3. The lowest BCUT2D eigenvalue weighted by atomic mass is 9.83. The van der Waals surface area contributed by atoms with Crippen molar-refractivity contribution in [1.82, 2.24) is 0 Å². The number of ether oxygens (including phenoxy) is 1. The number of ketones is 1. The largest absolute Gasteiger partial charge is 0.390 e. The van der Waals surface area contributed by atoms with Gasteiger partial charge >= 0.3 is 0 Å². The van der Waals surface area contributed by atoms with Gasteiger partial charge in [0.15, 0.2) is 5.78 Å². The Balaban J connectivity index is 2.26. The van der Waals surface area contributed by atoms with Gasteiger partial charge in [-0.05, 0) is 6.42 Å². The molecule has 4 atom stereocenters. The summed E-state index contributed by atoms with van der Waals surface area (Å²) in [6.45, 7) is 2.06. The minimum atomic E-state index is -1.10. The van der Waals surface area contributed by atoms with Crippen LogP contribution in [0.15, 0.2) is 11.1 Å². The third kappa shape index (κ3) is 2.15. The summed E-state index contributed by atoms with van der Waals surface area (Å²) in [6.07, 6.45) is -2.31. The summed E-state index contributed by atoms with van der Waals surface area (Å²) < 4.78 is 5.39. The summed E-state index contributed by atoms with van der Waals surface area (Å²) in [4.78, 5) is 11.7. The first-order valence-electron chi connectivity index (χ1n) is 5.98. The molecular weight excluding hydrogens is 224 g/mol. The third-order valence-electron chi connectivity index (χ3n) is 3.41. The molecule has 96 valence electrons. The van der Waals surface area contributed by atoms with E-state index in [1.807, 2.05) is 6.92 Å². The van der Waals surface area contributed by atoms with Crippen molar-refractivity contribution in [1.29, 1.82) is 0 Å². The van der Waals surface area contributed by atoms with E-state index in [2.05, 4.69) is 0 Å². The lowest BCUT2D eigenvalue weighted by Gasteiger charge is -2.29. The van der Waals surface area contributed by atoms with Crippen LogP contribution in [0.3, 0.4) is 0 Å². The number of Topliss-reactive ketones (excluding diaryl/α,β-unsaturated/α-hetero) is 1. The molecule has 0 aromatic rings. The predicted octanol–water partition coefficient (Wildman–Crippen LogP) is -0.463. The number of hydrogen-bond acceptors (Lipinski definition) is 5. The molecule has 0 amide bonds. The molecule has 0 saturated carbocycles. The van der Waals surface area contributed by atoms with Crippen LogP contribution < -0.4 is 0 Å². The van der Waals surface area contributed by atoms with E-state index >= 15 is 0 Å². The smallest absolute Gasteiger partial charge is 0.164 e. The van der Waals surface area contributed by atoms with Gasteiger partial charge in [0, 0.05) is 17.6 Å². The molecule has 0 spiro atoms. The first-order chi connectivity index (χ1) is 8.06. The summed E-state index contributed by atoms with van der Waals surface area (Å²) in [5.41, 5.74) is 0.817. The zero-order valence-electron chi connectivity index (χ0n) is 9.80. The van der Waals surface area contributed by atoms with Gasteiger partial charge in [0.1, 0.15) is 12.2 Å². The van der Waals surface area contributed by atoms with Gasteiger partial charge in [-0.15, -0.1) is 0 Å². The summed E-state index contributed by atoms with van der Waals surface area (Å²) in [6, 6.07) is 0. The van der Waals surface area contributed by atoms with E-state index in [0.717, 1.165) is 6.42 Å². The third-order valence-corrected chi connectivity index (χ3v) is 3.41. The average Bonchev–Trinajstić information content (AvgIpc) is 2.71. The molecule has 5 heteroatoms. The maximum absolute atomic E-state index is 11.7. The van der Waals surface area contributed by atoms with Crippen LogP contribution in [-0.4, -0.2) is 52.1 Å². The highest BCUT2D eigenvalue weighted by Gasteiger charge is 2.43. The van der Waals surface area contributed by atoms with E-state index in [1.165, 1.54) is 0 Å². The van der Waals surface area contributed by atoms with E-state index < -0.39 is 24.4 Å². The highest BCUT2D eigenvalue weighted by Crippen LogP contribution is 2.34. The molecular formula is C12H18O5. The highest BCUT2D eigenvalue weighted by molar-refractivity contribution is 5.98. The van der Waals surface area contributed by atoms with Crippen molar-refractivity contribution in [3.05, 3.63) is 11.1 Å². The molecule has 1 aliphatic heterocycles. The molecule has 17 heavy (non-hydrogen) atoms. The van der Waals surface area contributed by atoms with Crippen molar-refractivity contribution in [2.75, 3.05) is 6.61 Å². The Kier molecular flexibility index (Phi) is 3.63. The van der Waals surface area contributed by atoms with Crippen LogP contribution in [0.4, 0.5) is 0 Å². The van der Waals surface area contributed by atoms with E-state index in [-0.39, 0.29) is 18.8 Å². The second-order valence-electron chi connectivity index (χ2n) is 4.66. The van der Waals surface area contributed by atoms with E-state index in [1.54, 1.807) is 0 Å². The maximum Gasteiger partial charge on any atom is 0.164 e. The maximum atomic E-state index is 11.7. The Labute approximate surface area is 99.7 Å². The fraction of sp³-hybridized carbons (Fsp3) is 0.750. The minimum absolute atomic E-state index is 0.0695. The van der Waals surface area contributed by atoms with Crippen molar-refractivity contribution >= 4 is 5.78 Å². The van der Waals surface area contributed by atoms with Crippen LogP contribution in [0, 0.1) is 0 Å². The first-order valence-corrected chi connectivity index (χ1v) is 5.98. The molecule has 3 N–H and O–H groups in total. The first kappa shape index (κ1) is 12.7. The van der Waals surface area contributed by atoms with Gasteiger partial charge in [-0.3, -0.25) is 4.79 Å². The van der Waals surface area contributed by atoms with Gasteiger partial charge in [-0.25, -0.2) is 0 Å². The van der Waals surface area contributed by atoms with Gasteiger partial charge in [0.2, 0.25) is 0 Å². The lowest BCUT2D eigenvalue weighted by Crippen LogP contribution is -2.41. The molecule has 0 aromatic heterocycles. The number of aliphatic hydroxyl groups is 3. The molecule has 1 aliphatic carbocycles. The normalized spacial score (nSPS) is 35.1. The second-order valence-corrected chi connectivity index (χ2v) is 4.66. The van der Waals surface area contributed by atoms with Crippen LogP contribution in [-0.2, 0) is 9.53 Å². The van der Waals surface area contributed by atoms with E-state index in [4.69, 9.17) is 4.74 Å². The fourth-order valence-electron chi connectivity index (χ4n) is 2.50. The SMILES string of the molecule is CCC[C@@H](O)[C@H]1OCC2=C1[C@@H](O)[C@@H](O)CC2=O. The number of rotatable bonds is 3. The predicted molar refractivity (Wildman–Crippen MR) is 59.3 cm³/mol. The summed E-state index contributed by atoms with van der Waals surface area (Å²) in [5.74, 6) is -0.191. The van der Waals surface area contributed by atoms with Crippen molar-refractivity contribution in [3.63, 3.8) is 0 Å². The van der Waals surface area contributed by atoms with Gasteiger partial charge in [-0.1, -0.05) is 13.3 Å². The Morgan fingerprint density at radius 1 is 1.47 bits per heavy atom. The molecule has 5 nitrogen and oxygen atoms in total. The highest BCUT2D eigenvalue weighted by atomic mass is 16.5. The average molecular weight is 242 g/mol. The number of aliphatic hydroxyl groups excluding tert-OH is 3. The van der Waals surface area contributed by atoms with Crippen LogP contribution in [0.2, 0.25) is 0 Å². The fourth-order valence-corrected chi connectivity index (χ4v) is 2.50. The van der Waals surface area contributed by atoms with Gasteiger partial charge in [0.05, 0.1) is 18.8 Å². The molecule has 0 saturated heterocycles. The topological polar surface area (TPSA) is 87.0 Å². The van der Waals surface area contributed by atoms with Gasteiger partial charge in [0.25, 0.3) is 0 Å². The zero-order chi connectivity index (χ0) is 12.6. The molecule has 2 aliphatic rings. The van der Waals surface area contributed by atoms with E-state index in [0.29, 0.717) is 17.6 Å². The minimum Gasteiger partial charge on any atom is -0.390 e. The number of carbonyl (C=O) groups excluding carboxylic acids is 1. The van der Waals surface area contributed by atoms with Crippen LogP contribution in [0.5, 0.6) is 0 Å². The van der Waals surface area contributed by atoms with Crippen molar-refractivity contribution < 1.29 is 24.9 Å². The standard InChI is InChI=1S/C12H18O5/c1-2-3-7(13)12-10-6(5-17-12)8(14)4-9(15)11(10)16/h7,9,11-13,15-16H,2-5H2,1H3/t7-,9+,11+,12-/m1/s1. The van der Waals surface area contributed by atoms with Crippen molar-refractivity contribution in [2.24, 2.45) is 0 Å². The molecule has 0 bridgehead atoms. The molecule has 0 radical (unpaired) electrons. The van der Waals surface area contributed by atoms with Crippen molar-refractivity contribution in [2.45, 2.75) is 50.6 Å². The molecule has 0 unspecified atom stereocenters. The monoisotopic (exact) mass is 242 g/mol. The zero-order valence-corrected chi connectivity index (χ0v) is 9.80. The molecule has 0 aromatic carbocycles. The second kappa shape index (κ2) is 4.86. The van der Waals surface area contributed by atoms with Gasteiger partial charge < -0.3 is 20.1 Å². The summed E-state index contributed by atoms with van der Waals surface area (Å²) >= 11 is 0. The summed E-state index contributed by atoms with van der Waals surface area (Å²) in [5, 5.41) is 29.4. The van der Waals surface area contributed by atoms with Crippen LogP contribution in [0.25, 0.3) is 0 Å². The van der Waals surface area contributed by atoms with Crippen molar-refractivity contribution in [3.8, 4) is 0 Å². The summed E-state index contributed by atoms with van der Waals surface area (Å²) in [7, 11) is 0. The lowest BCUT2D eigenvalue weighted by molar-refractivity contribution is -0.120. The Morgan fingerprint density at radius 3 is 2.82 bits per heavy atom. The molecule has 1 heterocycles. The Bertz CT molecular complexity index is 349. The van der Waals surface area contributed by atoms with Crippen LogP contribution in [0.1, 0.15) is 26.2 Å². The Hall–Kier alpha value is -0.750. The van der Waals surface area contributed by atoms with E-state index in [9.17, 15) is 20.1 Å².